The Morgan fingerprint density at radius 3 is 2.23 bits per heavy atom. The van der Waals surface area contributed by atoms with Crippen LogP contribution in [0.1, 0.15) is 49.8 Å². The zero-order chi connectivity index (χ0) is 22.4. The van der Waals surface area contributed by atoms with Gasteiger partial charge in [0.1, 0.15) is 0 Å². The van der Waals surface area contributed by atoms with Crippen molar-refractivity contribution in [1.82, 2.24) is 20.0 Å². The molecule has 0 radical (unpaired) electrons. The van der Waals surface area contributed by atoms with Gasteiger partial charge in [0, 0.05) is 18.5 Å². The van der Waals surface area contributed by atoms with E-state index >= 15 is 0 Å². The van der Waals surface area contributed by atoms with Gasteiger partial charge in [-0.25, -0.2) is 4.68 Å². The van der Waals surface area contributed by atoms with Crippen LogP contribution in [0.4, 0.5) is 0 Å². The number of likely N-dealkylation sites (N-methyl/N-ethyl adjacent to an activating group) is 1. The Morgan fingerprint density at radius 2 is 1.61 bits per heavy atom. The maximum Gasteiger partial charge on any atom is 0.274 e. The average molecular weight is 421 g/mol. The molecule has 0 saturated carbocycles. The summed E-state index contributed by atoms with van der Waals surface area (Å²) in [6, 6.07) is 17.5. The molecule has 0 saturated heterocycles. The molecule has 0 bridgehead atoms. The van der Waals surface area contributed by atoms with Crippen LogP contribution in [0.2, 0.25) is 0 Å². The van der Waals surface area contributed by atoms with E-state index in [0.717, 1.165) is 18.7 Å². The molecule has 3 aromatic rings. The SMILES string of the molecule is CCN(CC)C(CNC(=O)c1nn(CC(C)C)c(=O)c2ccccc12)c1ccccc1. The molecule has 0 aliphatic carbocycles. The Kier molecular flexibility index (Phi) is 7.58. The molecule has 1 amide bonds. The zero-order valence-electron chi connectivity index (χ0n) is 18.8. The second-order valence-corrected chi connectivity index (χ2v) is 8.13. The van der Waals surface area contributed by atoms with E-state index in [2.05, 4.69) is 41.3 Å². The molecule has 6 nitrogen and oxygen atoms in total. The standard InChI is InChI=1S/C25H32N4O2/c1-5-28(6-2)22(19-12-8-7-9-13-19)16-26-24(30)23-20-14-10-11-15-21(20)25(31)29(27-23)17-18(3)4/h7-15,18,22H,5-6,16-17H2,1-4H3,(H,26,30). The van der Waals surface area contributed by atoms with Gasteiger partial charge >= 0.3 is 0 Å². The summed E-state index contributed by atoms with van der Waals surface area (Å²) in [6.07, 6.45) is 0. The van der Waals surface area contributed by atoms with Crippen LogP contribution in [0.25, 0.3) is 10.8 Å². The van der Waals surface area contributed by atoms with Gasteiger partial charge in [-0.15, -0.1) is 0 Å². The minimum atomic E-state index is -0.262. The number of rotatable bonds is 9. The van der Waals surface area contributed by atoms with Gasteiger partial charge in [-0.05, 0) is 30.6 Å². The van der Waals surface area contributed by atoms with E-state index in [1.807, 2.05) is 44.2 Å². The van der Waals surface area contributed by atoms with Gasteiger partial charge in [0.05, 0.1) is 11.4 Å². The van der Waals surface area contributed by atoms with Crippen LogP contribution in [0.5, 0.6) is 0 Å². The van der Waals surface area contributed by atoms with Crippen molar-refractivity contribution in [2.75, 3.05) is 19.6 Å². The molecule has 1 atom stereocenters. The number of aromatic nitrogens is 2. The lowest BCUT2D eigenvalue weighted by Gasteiger charge is -2.30. The van der Waals surface area contributed by atoms with Gasteiger partial charge in [-0.3, -0.25) is 14.5 Å². The molecule has 1 N–H and O–H groups in total. The van der Waals surface area contributed by atoms with Crippen LogP contribution >= 0.6 is 0 Å². The summed E-state index contributed by atoms with van der Waals surface area (Å²) < 4.78 is 1.42. The molecule has 0 aliphatic rings. The number of carbonyl (C=O) groups excluding carboxylic acids is 1. The summed E-state index contributed by atoms with van der Waals surface area (Å²) >= 11 is 0. The van der Waals surface area contributed by atoms with E-state index < -0.39 is 0 Å². The van der Waals surface area contributed by atoms with E-state index in [1.165, 1.54) is 4.68 Å². The van der Waals surface area contributed by atoms with Crippen molar-refractivity contribution >= 4 is 16.7 Å². The summed E-state index contributed by atoms with van der Waals surface area (Å²) in [7, 11) is 0. The average Bonchev–Trinajstić information content (AvgIpc) is 2.78. The van der Waals surface area contributed by atoms with Gasteiger partial charge in [-0.1, -0.05) is 76.2 Å². The summed E-state index contributed by atoms with van der Waals surface area (Å²) in [6.45, 7) is 11.0. The fourth-order valence-electron chi connectivity index (χ4n) is 3.94. The zero-order valence-corrected chi connectivity index (χ0v) is 18.8. The summed E-state index contributed by atoms with van der Waals surface area (Å²) in [4.78, 5) is 28.4. The van der Waals surface area contributed by atoms with Crippen molar-refractivity contribution < 1.29 is 4.79 Å². The second-order valence-electron chi connectivity index (χ2n) is 8.13. The fraction of sp³-hybridized carbons (Fsp3) is 0.400. The molecule has 2 aromatic carbocycles. The van der Waals surface area contributed by atoms with E-state index in [1.54, 1.807) is 12.1 Å². The molecule has 164 valence electrons. The fourth-order valence-corrected chi connectivity index (χ4v) is 3.94. The number of benzene rings is 2. The van der Waals surface area contributed by atoms with Crippen molar-refractivity contribution in [2.45, 2.75) is 40.3 Å². The first-order chi connectivity index (χ1) is 15.0. The van der Waals surface area contributed by atoms with Crippen molar-refractivity contribution in [2.24, 2.45) is 5.92 Å². The molecule has 1 unspecified atom stereocenters. The largest absolute Gasteiger partial charge is 0.349 e. The number of fused-ring (bicyclic) bond motifs is 1. The van der Waals surface area contributed by atoms with Crippen molar-refractivity contribution in [3.63, 3.8) is 0 Å². The molecule has 6 heteroatoms. The first kappa shape index (κ1) is 22.7. The monoisotopic (exact) mass is 420 g/mol. The molecule has 0 fully saturated rings. The third-order valence-corrected chi connectivity index (χ3v) is 5.51. The Bertz CT molecular complexity index is 1070. The van der Waals surface area contributed by atoms with Crippen LogP contribution in [0, 0.1) is 5.92 Å². The molecule has 0 aliphatic heterocycles. The highest BCUT2D eigenvalue weighted by atomic mass is 16.2. The predicted octanol–water partition coefficient (Wildman–Crippen LogP) is 3.87. The third-order valence-electron chi connectivity index (χ3n) is 5.51. The molecule has 31 heavy (non-hydrogen) atoms. The van der Waals surface area contributed by atoms with Gasteiger partial charge in [-0.2, -0.15) is 5.10 Å². The quantitative estimate of drug-likeness (QED) is 0.571. The highest BCUT2D eigenvalue weighted by molar-refractivity contribution is 6.04. The highest BCUT2D eigenvalue weighted by Gasteiger charge is 2.21. The van der Waals surface area contributed by atoms with Crippen molar-refractivity contribution in [1.29, 1.82) is 0 Å². The maximum absolute atomic E-state index is 13.2. The normalized spacial score (nSPS) is 12.5. The van der Waals surface area contributed by atoms with Crippen LogP contribution in [-0.4, -0.2) is 40.2 Å². The van der Waals surface area contributed by atoms with E-state index in [9.17, 15) is 9.59 Å². The lowest BCUT2D eigenvalue weighted by molar-refractivity contribution is 0.0929. The van der Waals surface area contributed by atoms with Crippen LogP contribution in [0.3, 0.4) is 0 Å². The number of hydrogen-bond donors (Lipinski definition) is 1. The molecule has 1 aromatic heterocycles. The number of nitrogens with zero attached hydrogens (tertiary/aromatic N) is 3. The van der Waals surface area contributed by atoms with E-state index in [0.29, 0.717) is 29.6 Å². The first-order valence-corrected chi connectivity index (χ1v) is 11.0. The predicted molar refractivity (Wildman–Crippen MR) is 125 cm³/mol. The number of carbonyl (C=O) groups is 1. The van der Waals surface area contributed by atoms with Gasteiger partial charge < -0.3 is 5.32 Å². The maximum atomic E-state index is 13.2. The molecule has 0 spiro atoms. The third kappa shape index (κ3) is 5.20. The lowest BCUT2D eigenvalue weighted by Crippen LogP contribution is -2.39. The van der Waals surface area contributed by atoms with Gasteiger partial charge in [0.2, 0.25) is 0 Å². The molecule has 1 heterocycles. The Balaban J connectivity index is 1.93. The summed E-state index contributed by atoms with van der Waals surface area (Å²) in [5.41, 5.74) is 1.29. The molecule has 3 rings (SSSR count). The lowest BCUT2D eigenvalue weighted by atomic mass is 10.0. The second kappa shape index (κ2) is 10.4. The Morgan fingerprint density at radius 1 is 1.00 bits per heavy atom. The van der Waals surface area contributed by atoms with Crippen LogP contribution < -0.4 is 10.9 Å². The topological polar surface area (TPSA) is 67.2 Å². The van der Waals surface area contributed by atoms with Gasteiger partial charge in [0.25, 0.3) is 11.5 Å². The van der Waals surface area contributed by atoms with Crippen LogP contribution in [0.15, 0.2) is 59.4 Å². The summed E-state index contributed by atoms with van der Waals surface area (Å²) in [5, 5.41) is 8.64. The Labute approximate surface area is 183 Å². The van der Waals surface area contributed by atoms with Crippen molar-refractivity contribution in [3.8, 4) is 0 Å². The number of amides is 1. The van der Waals surface area contributed by atoms with E-state index in [4.69, 9.17) is 0 Å². The Hall–Kier alpha value is -2.99. The van der Waals surface area contributed by atoms with Gasteiger partial charge in [0.15, 0.2) is 5.69 Å². The minimum Gasteiger partial charge on any atom is -0.349 e. The molecular formula is C25H32N4O2. The molecular weight excluding hydrogens is 388 g/mol. The first-order valence-electron chi connectivity index (χ1n) is 11.0. The number of hydrogen-bond acceptors (Lipinski definition) is 4. The smallest absolute Gasteiger partial charge is 0.274 e. The summed E-state index contributed by atoms with van der Waals surface area (Å²) in [5.74, 6) is -0.0193. The minimum absolute atomic E-state index is 0.0629. The van der Waals surface area contributed by atoms with Crippen LogP contribution in [-0.2, 0) is 6.54 Å². The highest BCUT2D eigenvalue weighted by Crippen LogP contribution is 2.20. The van der Waals surface area contributed by atoms with Crippen molar-refractivity contribution in [3.05, 3.63) is 76.2 Å². The number of nitrogens with one attached hydrogen (secondary N) is 1. The van der Waals surface area contributed by atoms with E-state index in [-0.39, 0.29) is 23.4 Å².